The van der Waals surface area contributed by atoms with Crippen molar-refractivity contribution in [3.63, 3.8) is 0 Å². The molecule has 0 amide bonds. The van der Waals surface area contributed by atoms with E-state index >= 15 is 0 Å². The average molecular weight is 1000 g/mol. The molecule has 0 fully saturated rings. The predicted molar refractivity (Wildman–Crippen MR) is 279 cm³/mol. The van der Waals surface area contributed by atoms with Gasteiger partial charge in [0.05, 0.1) is 101 Å². The minimum absolute atomic E-state index is 0.0000866. The lowest BCUT2D eigenvalue weighted by Crippen LogP contribution is -2.07. The van der Waals surface area contributed by atoms with Gasteiger partial charge in [-0.25, -0.2) is 29.9 Å². The van der Waals surface area contributed by atoms with Crippen LogP contribution < -0.4 is 0 Å². The van der Waals surface area contributed by atoms with Crippen LogP contribution in [0.15, 0.2) is 109 Å². The van der Waals surface area contributed by atoms with Gasteiger partial charge in [-0.2, -0.15) is 63.1 Å². The van der Waals surface area contributed by atoms with Gasteiger partial charge in [0.15, 0.2) is 0 Å². The number of aromatic nitrogens is 6. The number of benzene rings is 7. The third-order valence-electron chi connectivity index (χ3n) is 12.8. The minimum Gasteiger partial charge on any atom is -0.246 e. The molecule has 3 aromatic heterocycles. The Morgan fingerprint density at radius 3 is 0.709 bits per heavy atom. The fourth-order valence-corrected chi connectivity index (χ4v) is 8.98. The third-order valence-corrected chi connectivity index (χ3v) is 12.8. The van der Waals surface area contributed by atoms with Gasteiger partial charge in [-0.1, -0.05) is 36.4 Å². The third kappa shape index (κ3) is 8.45. The predicted octanol–water partition coefficient (Wildman–Crippen LogP) is 9.90. The minimum atomic E-state index is -0.0419. The van der Waals surface area contributed by atoms with Crippen LogP contribution in [0.4, 0.5) is 0 Å². The number of nitriles is 12. The van der Waals surface area contributed by atoms with Crippen LogP contribution in [0.5, 0.6) is 0 Å². The van der Waals surface area contributed by atoms with Crippen LogP contribution in [0.2, 0.25) is 0 Å². The van der Waals surface area contributed by atoms with E-state index < -0.39 is 0 Å². The molecular weight excluding hydrogens is 985 g/mol. The van der Waals surface area contributed by atoms with Crippen molar-refractivity contribution in [1.29, 1.82) is 63.1 Å². The summed E-state index contributed by atoms with van der Waals surface area (Å²) < 4.78 is 0. The molecule has 0 N–H and O–H groups in total. The van der Waals surface area contributed by atoms with E-state index in [0.29, 0.717) is 27.8 Å². The standard InChI is InChI=1S/C61H20N18/c62-20-38-2-1-32(13-44(38)26-68)14-50-51(33-3-8-39(21-63)45(15-33)27-69)75-57-56(74-50)58-60(78-53(35-5-10-41(23-65)47(17-35)29-71)52(76-58)34-4-9-40(22-64)46(16-34)28-70)61-59(57)77-54(36-6-11-42(24-66)48(18-36)30-72)55(79-61)37-7-12-43(25-67)49(19-37)31-73/h1-13,15-19H,14H2. The quantitative estimate of drug-likeness (QED) is 0.134. The second kappa shape index (κ2) is 20.2. The highest BCUT2D eigenvalue weighted by molar-refractivity contribution is 6.20. The molecule has 0 saturated carbocycles. The van der Waals surface area contributed by atoms with Crippen molar-refractivity contribution in [2.45, 2.75) is 6.42 Å². The van der Waals surface area contributed by atoms with Crippen LogP contribution in [0.25, 0.3) is 89.4 Å². The van der Waals surface area contributed by atoms with Crippen molar-refractivity contribution in [3.8, 4) is 129 Å². The number of fused-ring (bicyclic) bond motifs is 6. The Labute approximate surface area is 447 Å². The molecule has 18 nitrogen and oxygen atoms in total. The molecule has 0 radical (unpaired) electrons. The van der Waals surface area contributed by atoms with Crippen LogP contribution in [0.1, 0.15) is 78.0 Å². The van der Waals surface area contributed by atoms with Crippen molar-refractivity contribution in [3.05, 3.63) is 187 Å². The van der Waals surface area contributed by atoms with E-state index in [9.17, 15) is 63.1 Å². The van der Waals surface area contributed by atoms with Gasteiger partial charge in [-0.3, -0.25) is 0 Å². The van der Waals surface area contributed by atoms with E-state index in [1.165, 1.54) is 72.8 Å². The van der Waals surface area contributed by atoms with Gasteiger partial charge >= 0.3 is 0 Å². The molecule has 0 aliphatic rings. The first kappa shape index (κ1) is 49.0. The largest absolute Gasteiger partial charge is 0.246 e. The molecule has 0 aliphatic carbocycles. The zero-order valence-electron chi connectivity index (χ0n) is 40.1. The molecular formula is C61H20N18. The lowest BCUT2D eigenvalue weighted by Gasteiger charge is -2.18. The van der Waals surface area contributed by atoms with E-state index in [-0.39, 0.29) is 146 Å². The summed E-state index contributed by atoms with van der Waals surface area (Å²) in [4.78, 5) is 31.7. The second-order valence-electron chi connectivity index (χ2n) is 17.2. The number of nitrogens with zero attached hydrogens (tertiary/aromatic N) is 18. The Kier molecular flexibility index (Phi) is 12.5. The van der Waals surface area contributed by atoms with E-state index in [0.717, 1.165) is 0 Å². The fourth-order valence-electron chi connectivity index (χ4n) is 8.98. The fraction of sp³-hybridized carbons (Fsp3) is 0.0164. The van der Waals surface area contributed by atoms with Crippen molar-refractivity contribution in [1.82, 2.24) is 29.9 Å². The van der Waals surface area contributed by atoms with E-state index in [4.69, 9.17) is 29.9 Å². The van der Waals surface area contributed by atoms with Gasteiger partial charge in [0.2, 0.25) is 0 Å². The van der Waals surface area contributed by atoms with Crippen LogP contribution >= 0.6 is 0 Å². The lowest BCUT2D eigenvalue weighted by atomic mass is 9.96. The Hall–Kier alpha value is -13.6. The SMILES string of the molecule is N#Cc1ccc(Cc2nc3c(nc2-c2ccc(C#N)c(C#N)c2)c2nc(-c4ccc(C#N)c(C#N)c4)c(-c4ccc(C#N)c(C#N)c4)nc2c2nc(-c4ccc(C#N)c(C#N)c4)c(-c4ccc(C#N)c(C#N)c4)nc32)cc1C#N. The monoisotopic (exact) mass is 1000 g/mol. The van der Waals surface area contributed by atoms with Gasteiger partial charge in [0.25, 0.3) is 0 Å². The summed E-state index contributed by atoms with van der Waals surface area (Å²) in [5, 5.41) is 121. The van der Waals surface area contributed by atoms with Crippen molar-refractivity contribution in [2.24, 2.45) is 0 Å². The molecule has 0 spiro atoms. The summed E-state index contributed by atoms with van der Waals surface area (Å²) in [5.41, 5.74) is 3.74. The summed E-state index contributed by atoms with van der Waals surface area (Å²) in [5.74, 6) is 0. The molecule has 10 rings (SSSR count). The van der Waals surface area contributed by atoms with E-state index in [2.05, 4.69) is 36.4 Å². The molecule has 18 heteroatoms. The Morgan fingerprint density at radius 2 is 0.443 bits per heavy atom. The molecule has 7 aromatic carbocycles. The van der Waals surface area contributed by atoms with Gasteiger partial charge < -0.3 is 0 Å². The molecule has 0 unspecified atom stereocenters. The van der Waals surface area contributed by atoms with Gasteiger partial charge in [-0.15, -0.1) is 0 Å². The molecule has 0 atom stereocenters. The smallest absolute Gasteiger partial charge is 0.120 e. The van der Waals surface area contributed by atoms with Crippen molar-refractivity contribution < 1.29 is 0 Å². The molecule has 0 saturated heterocycles. The molecule has 10 aromatic rings. The zero-order valence-corrected chi connectivity index (χ0v) is 40.1. The first-order valence-electron chi connectivity index (χ1n) is 23.0. The maximum atomic E-state index is 10.2. The maximum absolute atomic E-state index is 10.2. The Morgan fingerprint density at radius 1 is 0.228 bits per heavy atom. The first-order chi connectivity index (χ1) is 38.6. The van der Waals surface area contributed by atoms with Crippen LogP contribution in [0, 0.1) is 136 Å². The summed E-state index contributed by atoms with van der Waals surface area (Å²) in [6, 6.07) is 51.5. The van der Waals surface area contributed by atoms with Crippen molar-refractivity contribution in [2.75, 3.05) is 0 Å². The van der Waals surface area contributed by atoms with Gasteiger partial charge in [0, 0.05) is 34.2 Å². The molecule has 0 bridgehead atoms. The summed E-state index contributed by atoms with van der Waals surface area (Å²) >= 11 is 0. The molecule has 354 valence electrons. The van der Waals surface area contributed by atoms with E-state index in [1.807, 2.05) is 36.4 Å². The molecule has 0 aliphatic heterocycles. The lowest BCUT2D eigenvalue weighted by molar-refractivity contribution is 1.07. The Balaban J connectivity index is 1.45. The van der Waals surface area contributed by atoms with Crippen LogP contribution in [-0.2, 0) is 6.42 Å². The Bertz CT molecular complexity index is 4880. The zero-order chi connectivity index (χ0) is 55.5. The van der Waals surface area contributed by atoms with Gasteiger partial charge in [-0.05, 0) is 78.4 Å². The van der Waals surface area contributed by atoms with Crippen LogP contribution in [0.3, 0.4) is 0 Å². The normalized spacial score (nSPS) is 10.2. The highest BCUT2D eigenvalue weighted by Crippen LogP contribution is 2.42. The van der Waals surface area contributed by atoms with Gasteiger partial charge in [0.1, 0.15) is 106 Å². The van der Waals surface area contributed by atoms with E-state index in [1.54, 1.807) is 36.4 Å². The first-order valence-corrected chi connectivity index (χ1v) is 23.0. The molecule has 79 heavy (non-hydrogen) atoms. The average Bonchev–Trinajstić information content (AvgIpc) is 3.55. The number of rotatable bonds is 7. The van der Waals surface area contributed by atoms with Crippen LogP contribution in [-0.4, -0.2) is 29.9 Å². The summed E-state index contributed by atoms with van der Waals surface area (Å²) in [6.45, 7) is 0. The maximum Gasteiger partial charge on any atom is 0.120 e. The second-order valence-corrected chi connectivity index (χ2v) is 17.2. The summed E-state index contributed by atoms with van der Waals surface area (Å²) in [7, 11) is 0. The highest BCUT2D eigenvalue weighted by Gasteiger charge is 2.27. The molecule has 3 heterocycles. The highest BCUT2D eigenvalue weighted by atomic mass is 14.9. The summed E-state index contributed by atoms with van der Waals surface area (Å²) in [6.07, 6.45) is -0.0419. The number of hydrogen-bond donors (Lipinski definition) is 0. The number of hydrogen-bond acceptors (Lipinski definition) is 18. The topological polar surface area (TPSA) is 363 Å². The van der Waals surface area contributed by atoms with Crippen molar-refractivity contribution >= 4 is 33.1 Å².